The molecule has 1 heterocycles. The summed E-state index contributed by atoms with van der Waals surface area (Å²) in [6.45, 7) is 2.21. The van der Waals surface area contributed by atoms with Gasteiger partial charge in [-0.1, -0.05) is 29.4 Å². The van der Waals surface area contributed by atoms with Crippen LogP contribution < -0.4 is 4.74 Å². The highest BCUT2D eigenvalue weighted by Gasteiger charge is 2.33. The second-order valence-corrected chi connectivity index (χ2v) is 7.35. The van der Waals surface area contributed by atoms with E-state index in [0.717, 1.165) is 11.8 Å². The van der Waals surface area contributed by atoms with Crippen molar-refractivity contribution in [3.05, 3.63) is 69.3 Å². The van der Waals surface area contributed by atoms with E-state index < -0.39 is 5.97 Å². The van der Waals surface area contributed by atoms with Crippen molar-refractivity contribution < 1.29 is 24.5 Å². The Balaban J connectivity index is 2.02. The number of phenolic OH excluding ortho intramolecular Hbond substituents is 1. The molecule has 1 aliphatic heterocycles. The zero-order valence-electron chi connectivity index (χ0n) is 15.7. The molecule has 0 radical (unpaired) electrons. The number of aliphatic hydroxyl groups excluding tert-OH is 1. The molecule has 0 amide bonds. The molecule has 0 aromatic heterocycles. The van der Waals surface area contributed by atoms with Crippen LogP contribution in [0.2, 0.25) is 5.02 Å². The fourth-order valence-electron chi connectivity index (χ4n) is 2.57. The van der Waals surface area contributed by atoms with Gasteiger partial charge in [0, 0.05) is 5.02 Å². The van der Waals surface area contributed by atoms with Crippen LogP contribution >= 0.6 is 23.4 Å². The predicted octanol–water partition coefficient (Wildman–Crippen LogP) is 5.25. The molecule has 0 saturated carbocycles. The normalized spacial score (nSPS) is 16.5. The first kappa shape index (κ1) is 20.8. The van der Waals surface area contributed by atoms with Crippen molar-refractivity contribution >= 4 is 46.1 Å². The van der Waals surface area contributed by atoms with Crippen LogP contribution in [-0.2, 0) is 9.53 Å². The number of ether oxygens (including phenoxy) is 2. The fraction of sp³-hybridized carbons (Fsp3) is 0.143. The Labute approximate surface area is 177 Å². The van der Waals surface area contributed by atoms with E-state index in [9.17, 15) is 15.0 Å². The minimum Gasteiger partial charge on any atom is -0.506 e. The summed E-state index contributed by atoms with van der Waals surface area (Å²) >= 11 is 7.04. The lowest BCUT2D eigenvalue weighted by molar-refractivity contribution is -0.135. The molecule has 29 heavy (non-hydrogen) atoms. The second-order valence-electron chi connectivity index (χ2n) is 5.88. The van der Waals surface area contributed by atoms with Crippen molar-refractivity contribution in [1.82, 2.24) is 0 Å². The van der Waals surface area contributed by atoms with E-state index >= 15 is 0 Å². The highest BCUT2D eigenvalue weighted by Crippen LogP contribution is 2.41. The molecule has 2 aromatic carbocycles. The lowest BCUT2D eigenvalue weighted by Gasteiger charge is -2.06. The van der Waals surface area contributed by atoms with Crippen molar-refractivity contribution in [3.8, 4) is 11.5 Å². The Bertz CT molecular complexity index is 1030. The quantitative estimate of drug-likeness (QED) is 0.629. The Kier molecular flexibility index (Phi) is 6.51. The number of esters is 1. The van der Waals surface area contributed by atoms with Crippen molar-refractivity contribution in [2.45, 2.75) is 6.92 Å². The summed E-state index contributed by atoms with van der Waals surface area (Å²) in [5.41, 5.74) is 1.25. The van der Waals surface area contributed by atoms with E-state index in [1.54, 1.807) is 42.5 Å². The number of halogens is 1. The number of aromatic hydroxyl groups is 1. The van der Waals surface area contributed by atoms with Crippen LogP contribution in [0, 0.1) is 0 Å². The molecule has 1 aliphatic rings. The molecule has 0 atom stereocenters. The van der Waals surface area contributed by atoms with Gasteiger partial charge in [-0.3, -0.25) is 0 Å². The maximum absolute atomic E-state index is 12.2. The Morgan fingerprint density at radius 1 is 1.21 bits per heavy atom. The summed E-state index contributed by atoms with van der Waals surface area (Å²) in [5, 5.41) is 21.4. The van der Waals surface area contributed by atoms with Crippen LogP contribution in [0.25, 0.3) is 6.08 Å². The number of benzene rings is 2. The zero-order chi connectivity index (χ0) is 21.0. The van der Waals surface area contributed by atoms with E-state index in [2.05, 4.69) is 4.99 Å². The Hall–Kier alpha value is -2.90. The minimum atomic E-state index is -0.688. The molecule has 6 nitrogen and oxygen atoms in total. The first-order chi connectivity index (χ1) is 13.9. The van der Waals surface area contributed by atoms with Gasteiger partial charge in [0.1, 0.15) is 16.4 Å². The van der Waals surface area contributed by atoms with Crippen LogP contribution in [0.3, 0.4) is 0 Å². The molecule has 0 bridgehead atoms. The number of thioether (sulfide) groups is 1. The summed E-state index contributed by atoms with van der Waals surface area (Å²) in [5.74, 6) is -0.558. The van der Waals surface area contributed by atoms with Gasteiger partial charge in [0.25, 0.3) is 0 Å². The van der Waals surface area contributed by atoms with Gasteiger partial charge in [-0.05, 0) is 55.0 Å². The first-order valence-corrected chi connectivity index (χ1v) is 9.84. The van der Waals surface area contributed by atoms with E-state index in [1.807, 2.05) is 6.92 Å². The largest absolute Gasteiger partial charge is 0.506 e. The van der Waals surface area contributed by atoms with E-state index in [4.69, 9.17) is 21.1 Å². The molecule has 0 spiro atoms. The third-order valence-electron chi connectivity index (χ3n) is 3.92. The number of nitrogens with zero attached hydrogens (tertiary/aromatic N) is 1. The minimum absolute atomic E-state index is 0.0116. The van der Waals surface area contributed by atoms with Crippen LogP contribution in [0.15, 0.2) is 63.7 Å². The predicted molar refractivity (Wildman–Crippen MR) is 115 cm³/mol. The van der Waals surface area contributed by atoms with E-state index in [1.165, 1.54) is 13.2 Å². The van der Waals surface area contributed by atoms with Gasteiger partial charge < -0.3 is 19.7 Å². The van der Waals surface area contributed by atoms with E-state index in [-0.39, 0.29) is 17.1 Å². The summed E-state index contributed by atoms with van der Waals surface area (Å²) in [4.78, 5) is 17.1. The average molecular weight is 432 g/mol. The number of phenols is 1. The van der Waals surface area contributed by atoms with Crippen LogP contribution in [-0.4, -0.2) is 34.9 Å². The number of aliphatic imine (C=N–C) groups is 1. The number of hydrogen-bond acceptors (Lipinski definition) is 7. The SMILES string of the molecule is CCOc1cc(/C=C2/SC(=Nc3ccc(Cl)cc3)C(C(=O)OC)=C2O)ccc1O. The summed E-state index contributed by atoms with van der Waals surface area (Å²) in [6, 6.07) is 11.6. The summed E-state index contributed by atoms with van der Waals surface area (Å²) in [7, 11) is 1.24. The van der Waals surface area contributed by atoms with Gasteiger partial charge in [-0.15, -0.1) is 0 Å². The van der Waals surface area contributed by atoms with Crippen molar-refractivity contribution in [1.29, 1.82) is 0 Å². The van der Waals surface area contributed by atoms with Crippen LogP contribution in [0.5, 0.6) is 11.5 Å². The van der Waals surface area contributed by atoms with Crippen molar-refractivity contribution in [2.24, 2.45) is 4.99 Å². The van der Waals surface area contributed by atoms with Gasteiger partial charge in [0.15, 0.2) is 11.5 Å². The monoisotopic (exact) mass is 431 g/mol. The molecule has 8 heteroatoms. The first-order valence-electron chi connectivity index (χ1n) is 8.64. The van der Waals surface area contributed by atoms with Crippen LogP contribution in [0.1, 0.15) is 12.5 Å². The van der Waals surface area contributed by atoms with Gasteiger partial charge in [-0.25, -0.2) is 9.79 Å². The molecule has 3 rings (SSSR count). The van der Waals surface area contributed by atoms with Gasteiger partial charge in [0.2, 0.25) is 0 Å². The molecule has 0 fully saturated rings. The number of carbonyl (C=O) groups is 1. The number of carbonyl (C=O) groups excluding carboxylic acids is 1. The summed E-state index contributed by atoms with van der Waals surface area (Å²) < 4.78 is 10.2. The number of hydrogen-bond donors (Lipinski definition) is 2. The number of rotatable bonds is 5. The lowest BCUT2D eigenvalue weighted by Crippen LogP contribution is -2.10. The standard InChI is InChI=1S/C21H18ClNO5S/c1-3-28-16-10-12(4-9-15(16)24)11-17-19(25)18(21(26)27-2)20(29-17)23-14-7-5-13(22)6-8-14/h4-11,24-25H,3H2,1-2H3/b17-11+,23-20?. The van der Waals surface area contributed by atoms with Crippen molar-refractivity contribution in [2.75, 3.05) is 13.7 Å². The van der Waals surface area contributed by atoms with Crippen molar-refractivity contribution in [3.63, 3.8) is 0 Å². The average Bonchev–Trinajstić information content (AvgIpc) is 3.00. The maximum Gasteiger partial charge on any atom is 0.344 e. The lowest BCUT2D eigenvalue weighted by atomic mass is 10.1. The summed E-state index contributed by atoms with van der Waals surface area (Å²) in [6.07, 6.45) is 1.68. The van der Waals surface area contributed by atoms with Crippen LogP contribution in [0.4, 0.5) is 5.69 Å². The number of methoxy groups -OCH3 is 1. The zero-order valence-corrected chi connectivity index (χ0v) is 17.3. The third kappa shape index (κ3) is 4.75. The molecule has 0 unspecified atom stereocenters. The Morgan fingerprint density at radius 2 is 1.93 bits per heavy atom. The number of aliphatic hydroxyl groups is 1. The fourth-order valence-corrected chi connectivity index (χ4v) is 3.73. The third-order valence-corrected chi connectivity index (χ3v) is 5.19. The molecule has 0 saturated heterocycles. The second kappa shape index (κ2) is 9.07. The highest BCUT2D eigenvalue weighted by molar-refractivity contribution is 8.18. The maximum atomic E-state index is 12.2. The topological polar surface area (TPSA) is 88.4 Å². The molecule has 2 aromatic rings. The van der Waals surface area contributed by atoms with Gasteiger partial charge in [0.05, 0.1) is 24.3 Å². The highest BCUT2D eigenvalue weighted by atomic mass is 35.5. The molecule has 150 valence electrons. The molecule has 2 N–H and O–H groups in total. The molecule has 0 aliphatic carbocycles. The van der Waals surface area contributed by atoms with Gasteiger partial charge >= 0.3 is 5.97 Å². The molecular weight excluding hydrogens is 414 g/mol. The smallest absolute Gasteiger partial charge is 0.344 e. The van der Waals surface area contributed by atoms with Gasteiger partial charge in [-0.2, -0.15) is 0 Å². The Morgan fingerprint density at radius 3 is 2.59 bits per heavy atom. The van der Waals surface area contributed by atoms with E-state index in [0.29, 0.717) is 38.6 Å². The molecular formula is C21H18ClNO5S.